The first-order valence-corrected chi connectivity index (χ1v) is 2.06. The van der Waals surface area contributed by atoms with Crippen LogP contribution in [-0.4, -0.2) is 6.21 Å². The van der Waals surface area contributed by atoms with Crippen LogP contribution in [0.15, 0.2) is 16.9 Å². The van der Waals surface area contributed by atoms with E-state index in [0.717, 1.165) is 5.70 Å². The minimum atomic E-state index is -0.111. The van der Waals surface area contributed by atoms with Crippen LogP contribution in [0.2, 0.25) is 0 Å². The molecule has 1 unspecified atom stereocenters. The number of rotatable bonds is 0. The number of allylic oxidation sites excluding steroid dienone is 2. The van der Waals surface area contributed by atoms with Crippen molar-refractivity contribution in [2.45, 2.75) is 6.92 Å². The van der Waals surface area contributed by atoms with Crippen molar-refractivity contribution in [1.82, 2.24) is 0 Å². The largest absolute Gasteiger partial charge is 0.601 e. The van der Waals surface area contributed by atoms with Crippen molar-refractivity contribution in [2.24, 2.45) is 5.10 Å². The summed E-state index contributed by atoms with van der Waals surface area (Å²) in [6.45, 7) is 1.75. The summed E-state index contributed by atoms with van der Waals surface area (Å²) in [4.78, 5) is 0. The van der Waals surface area contributed by atoms with Crippen LogP contribution in [0.3, 0.4) is 0 Å². The van der Waals surface area contributed by atoms with Crippen molar-refractivity contribution in [3.63, 3.8) is 0 Å². The maximum atomic E-state index is 10.3. The van der Waals surface area contributed by atoms with Gasteiger partial charge in [0.15, 0.2) is 0 Å². The second kappa shape index (κ2) is 1.44. The van der Waals surface area contributed by atoms with Gasteiger partial charge in [0, 0.05) is 13.0 Å². The molecular formula is C4H6N2O. The second-order valence-corrected chi connectivity index (χ2v) is 1.43. The zero-order valence-corrected chi connectivity index (χ0v) is 4.01. The van der Waals surface area contributed by atoms with Gasteiger partial charge in [0.25, 0.3) is 0 Å². The smallest absolute Gasteiger partial charge is 0.132 e. The summed E-state index contributed by atoms with van der Waals surface area (Å²) in [5, 5.41) is 13.7. The quantitative estimate of drug-likeness (QED) is 0.399. The Morgan fingerprint density at radius 1 is 1.86 bits per heavy atom. The molecule has 0 radical (unpaired) electrons. The zero-order valence-electron chi connectivity index (χ0n) is 4.01. The van der Waals surface area contributed by atoms with Gasteiger partial charge >= 0.3 is 0 Å². The van der Waals surface area contributed by atoms with Gasteiger partial charge in [-0.2, -0.15) is 0 Å². The van der Waals surface area contributed by atoms with Crippen LogP contribution >= 0.6 is 0 Å². The van der Waals surface area contributed by atoms with Gasteiger partial charge < -0.3 is 5.21 Å². The molecule has 0 spiro atoms. The van der Waals surface area contributed by atoms with Gasteiger partial charge in [-0.25, -0.2) is 5.17 Å². The molecule has 1 rings (SSSR count). The van der Waals surface area contributed by atoms with E-state index in [1.54, 1.807) is 13.0 Å². The van der Waals surface area contributed by atoms with Crippen LogP contribution in [0.1, 0.15) is 6.92 Å². The molecule has 0 aliphatic carbocycles. The summed E-state index contributed by atoms with van der Waals surface area (Å²) in [6, 6.07) is 0. The number of nitrogens with zero attached hydrogens (tertiary/aromatic N) is 1. The summed E-state index contributed by atoms with van der Waals surface area (Å²) >= 11 is 0. The lowest BCUT2D eigenvalue weighted by molar-refractivity contribution is -0.810. The number of hydrogen-bond donors (Lipinski definition) is 1. The maximum Gasteiger partial charge on any atom is 0.132 e. The van der Waals surface area contributed by atoms with E-state index in [-0.39, 0.29) is 5.17 Å². The van der Waals surface area contributed by atoms with Crippen LogP contribution in [-0.2, 0) is 0 Å². The number of hydroxylamine groups is 1. The maximum absolute atomic E-state index is 10.3. The third-order valence-corrected chi connectivity index (χ3v) is 0.854. The topological polar surface area (TPSA) is 39.9 Å². The first-order valence-electron chi connectivity index (χ1n) is 2.06. The molecule has 1 N–H and O–H groups in total. The van der Waals surface area contributed by atoms with Gasteiger partial charge in [0.05, 0.1) is 6.21 Å². The molecule has 38 valence electrons. The Hall–Kier alpha value is -0.670. The van der Waals surface area contributed by atoms with E-state index >= 15 is 0 Å². The average Bonchev–Trinajstić information content (AvgIpc) is 1.91. The third-order valence-electron chi connectivity index (χ3n) is 0.854. The Bertz CT molecular complexity index is 128. The standard InChI is InChI=1S/C4H6N2O/c1-4-2-3-5-6(4)7/h2-3,6H,1H3. The normalized spacial score (nSPS) is 28.3. The minimum absolute atomic E-state index is 0.111. The van der Waals surface area contributed by atoms with Crippen molar-refractivity contribution >= 4 is 6.21 Å². The highest BCUT2D eigenvalue weighted by atomic mass is 16.5. The van der Waals surface area contributed by atoms with Gasteiger partial charge in [0.1, 0.15) is 5.70 Å². The van der Waals surface area contributed by atoms with Gasteiger partial charge in [-0.1, -0.05) is 5.10 Å². The van der Waals surface area contributed by atoms with Gasteiger partial charge in [0.2, 0.25) is 0 Å². The Morgan fingerprint density at radius 3 is 2.71 bits per heavy atom. The van der Waals surface area contributed by atoms with Crippen LogP contribution in [0.25, 0.3) is 0 Å². The van der Waals surface area contributed by atoms with Gasteiger partial charge in [-0.3, -0.25) is 0 Å². The molecule has 0 saturated carbocycles. The lowest BCUT2D eigenvalue weighted by Gasteiger charge is -2.08. The molecule has 1 aliphatic heterocycles. The molecule has 7 heavy (non-hydrogen) atoms. The molecule has 0 fully saturated rings. The van der Waals surface area contributed by atoms with Gasteiger partial charge in [-0.05, 0) is 0 Å². The summed E-state index contributed by atoms with van der Waals surface area (Å²) in [7, 11) is 0. The van der Waals surface area contributed by atoms with Crippen LogP contribution in [0.5, 0.6) is 0 Å². The summed E-state index contributed by atoms with van der Waals surface area (Å²) in [5.74, 6) is 0. The Balaban J connectivity index is 2.69. The Morgan fingerprint density at radius 2 is 2.57 bits per heavy atom. The molecule has 0 aromatic heterocycles. The predicted molar refractivity (Wildman–Crippen MR) is 26.6 cm³/mol. The summed E-state index contributed by atoms with van der Waals surface area (Å²) in [5.41, 5.74) is 0.722. The summed E-state index contributed by atoms with van der Waals surface area (Å²) in [6.07, 6.45) is 3.21. The third kappa shape index (κ3) is 0.679. The molecule has 3 heteroatoms. The van der Waals surface area contributed by atoms with E-state index in [2.05, 4.69) is 5.10 Å². The predicted octanol–water partition coefficient (Wildman–Crippen LogP) is -0.728. The fraction of sp³-hybridized carbons (Fsp3) is 0.250. The highest BCUT2D eigenvalue weighted by molar-refractivity contribution is 5.71. The molecule has 0 aromatic rings. The van der Waals surface area contributed by atoms with E-state index in [1.807, 2.05) is 0 Å². The molecular weight excluding hydrogens is 92.1 g/mol. The Kier molecular flexibility index (Phi) is 0.923. The van der Waals surface area contributed by atoms with Crippen molar-refractivity contribution in [2.75, 3.05) is 0 Å². The zero-order chi connectivity index (χ0) is 5.28. The highest BCUT2D eigenvalue weighted by Gasteiger charge is 1.99. The fourth-order valence-corrected chi connectivity index (χ4v) is 0.390. The SMILES string of the molecule is CC1=CC=N[NH+]1[O-]. The molecule has 0 bridgehead atoms. The molecule has 3 nitrogen and oxygen atoms in total. The number of nitrogens with one attached hydrogen (secondary N) is 1. The first kappa shape index (κ1) is 4.49. The molecule has 0 amide bonds. The van der Waals surface area contributed by atoms with E-state index in [0.29, 0.717) is 0 Å². The first-order chi connectivity index (χ1) is 3.30. The van der Waals surface area contributed by atoms with Crippen molar-refractivity contribution in [1.29, 1.82) is 0 Å². The van der Waals surface area contributed by atoms with E-state index < -0.39 is 0 Å². The average molecular weight is 98.1 g/mol. The van der Waals surface area contributed by atoms with Crippen LogP contribution < -0.4 is 5.17 Å². The lowest BCUT2D eigenvalue weighted by atomic mass is 10.5. The van der Waals surface area contributed by atoms with Crippen molar-refractivity contribution in [3.05, 3.63) is 17.0 Å². The number of hydrogen-bond acceptors (Lipinski definition) is 2. The van der Waals surface area contributed by atoms with Crippen molar-refractivity contribution in [3.8, 4) is 0 Å². The monoisotopic (exact) mass is 98.0 g/mol. The molecule has 1 atom stereocenters. The van der Waals surface area contributed by atoms with Crippen LogP contribution in [0, 0.1) is 5.21 Å². The number of quaternary nitrogens is 1. The molecule has 0 aromatic carbocycles. The fourth-order valence-electron chi connectivity index (χ4n) is 0.390. The van der Waals surface area contributed by atoms with Crippen molar-refractivity contribution < 1.29 is 5.17 Å². The lowest BCUT2D eigenvalue weighted by Crippen LogP contribution is -2.98. The van der Waals surface area contributed by atoms with E-state index in [1.165, 1.54) is 6.21 Å². The highest BCUT2D eigenvalue weighted by Crippen LogP contribution is 1.80. The van der Waals surface area contributed by atoms with E-state index in [4.69, 9.17) is 0 Å². The summed E-state index contributed by atoms with van der Waals surface area (Å²) < 4.78 is 0. The molecule has 0 saturated heterocycles. The molecule has 1 heterocycles. The minimum Gasteiger partial charge on any atom is -0.601 e. The second-order valence-electron chi connectivity index (χ2n) is 1.43. The molecule has 1 aliphatic rings. The van der Waals surface area contributed by atoms with Gasteiger partial charge in [-0.15, -0.1) is 0 Å². The Labute approximate surface area is 41.5 Å². The van der Waals surface area contributed by atoms with E-state index in [9.17, 15) is 5.21 Å². The van der Waals surface area contributed by atoms with Crippen LogP contribution in [0.4, 0.5) is 0 Å².